The summed E-state index contributed by atoms with van der Waals surface area (Å²) >= 11 is 0. The zero-order valence-corrected chi connectivity index (χ0v) is 9.21. The standard InChI is InChI=1S/C12H22N2/c1-9(2)8-14-11-4-3-5-12(14)7-10(13)6-11/h10-12H,1,3-8,13H2,2H3. The van der Waals surface area contributed by atoms with Crippen molar-refractivity contribution in [2.75, 3.05) is 6.54 Å². The van der Waals surface area contributed by atoms with E-state index in [1.807, 2.05) is 0 Å². The molecule has 80 valence electrons. The molecule has 0 aromatic heterocycles. The Labute approximate surface area is 87.2 Å². The van der Waals surface area contributed by atoms with E-state index in [0.29, 0.717) is 6.04 Å². The third-order valence-electron chi connectivity index (χ3n) is 3.61. The van der Waals surface area contributed by atoms with Gasteiger partial charge in [0.25, 0.3) is 0 Å². The summed E-state index contributed by atoms with van der Waals surface area (Å²) in [5, 5.41) is 0. The number of piperidine rings is 2. The molecule has 0 amide bonds. The second-order valence-electron chi connectivity index (χ2n) is 5.10. The van der Waals surface area contributed by atoms with Crippen molar-refractivity contribution in [2.24, 2.45) is 5.73 Å². The van der Waals surface area contributed by atoms with Crippen LogP contribution in [-0.4, -0.2) is 29.6 Å². The maximum atomic E-state index is 6.07. The van der Waals surface area contributed by atoms with Gasteiger partial charge in [0.05, 0.1) is 0 Å². The SMILES string of the molecule is C=C(C)CN1C2CCCC1CC(N)C2. The van der Waals surface area contributed by atoms with Crippen molar-refractivity contribution < 1.29 is 0 Å². The molecule has 2 heteroatoms. The zero-order valence-electron chi connectivity index (χ0n) is 9.21. The Kier molecular flexibility index (Phi) is 2.93. The maximum absolute atomic E-state index is 6.07. The summed E-state index contributed by atoms with van der Waals surface area (Å²) in [5.41, 5.74) is 7.36. The van der Waals surface area contributed by atoms with Crippen molar-refractivity contribution in [3.8, 4) is 0 Å². The maximum Gasteiger partial charge on any atom is 0.0193 e. The number of rotatable bonds is 2. The first-order valence-corrected chi connectivity index (χ1v) is 5.82. The Hall–Kier alpha value is -0.340. The molecule has 2 N–H and O–H groups in total. The first kappa shape index (κ1) is 10.2. The number of fused-ring (bicyclic) bond motifs is 2. The highest BCUT2D eigenvalue weighted by atomic mass is 15.2. The van der Waals surface area contributed by atoms with Gasteiger partial charge in [0.1, 0.15) is 0 Å². The van der Waals surface area contributed by atoms with Crippen molar-refractivity contribution >= 4 is 0 Å². The highest BCUT2D eigenvalue weighted by Crippen LogP contribution is 2.33. The van der Waals surface area contributed by atoms with E-state index >= 15 is 0 Å². The fraction of sp³-hybridized carbons (Fsp3) is 0.833. The summed E-state index contributed by atoms with van der Waals surface area (Å²) in [4.78, 5) is 2.65. The third-order valence-corrected chi connectivity index (χ3v) is 3.61. The third kappa shape index (κ3) is 2.01. The molecule has 2 heterocycles. The first-order valence-electron chi connectivity index (χ1n) is 5.82. The van der Waals surface area contributed by atoms with Crippen LogP contribution in [0.3, 0.4) is 0 Å². The van der Waals surface area contributed by atoms with Gasteiger partial charge in [0.15, 0.2) is 0 Å². The van der Waals surface area contributed by atoms with Gasteiger partial charge in [0, 0.05) is 24.7 Å². The molecule has 0 saturated carbocycles. The lowest BCUT2D eigenvalue weighted by Gasteiger charge is -2.48. The lowest BCUT2D eigenvalue weighted by atomic mass is 9.82. The van der Waals surface area contributed by atoms with Crippen molar-refractivity contribution in [1.29, 1.82) is 0 Å². The molecule has 0 aromatic rings. The number of nitrogens with zero attached hydrogens (tertiary/aromatic N) is 1. The largest absolute Gasteiger partial charge is 0.328 e. The molecule has 2 nitrogen and oxygen atoms in total. The quantitative estimate of drug-likeness (QED) is 0.680. The number of nitrogens with two attached hydrogens (primary N) is 1. The Morgan fingerprint density at radius 1 is 1.36 bits per heavy atom. The zero-order chi connectivity index (χ0) is 10.1. The fourth-order valence-corrected chi connectivity index (χ4v) is 3.09. The van der Waals surface area contributed by atoms with Crippen molar-refractivity contribution in [3.05, 3.63) is 12.2 Å². The summed E-state index contributed by atoms with van der Waals surface area (Å²) in [6, 6.07) is 1.94. The molecule has 2 unspecified atom stereocenters. The lowest BCUT2D eigenvalue weighted by Crippen LogP contribution is -2.55. The van der Waals surface area contributed by atoms with Gasteiger partial charge in [0.2, 0.25) is 0 Å². The predicted octanol–water partition coefficient (Wildman–Crippen LogP) is 1.91. The molecular formula is C12H22N2. The molecule has 0 radical (unpaired) electrons. The van der Waals surface area contributed by atoms with Gasteiger partial charge in [-0.2, -0.15) is 0 Å². The molecule has 14 heavy (non-hydrogen) atoms. The molecule has 2 aliphatic rings. The molecule has 2 bridgehead atoms. The van der Waals surface area contributed by atoms with Gasteiger partial charge in [-0.1, -0.05) is 18.6 Å². The highest BCUT2D eigenvalue weighted by Gasteiger charge is 2.36. The molecular weight excluding hydrogens is 172 g/mol. The van der Waals surface area contributed by atoms with E-state index in [0.717, 1.165) is 18.6 Å². The minimum Gasteiger partial charge on any atom is -0.328 e. The fourth-order valence-electron chi connectivity index (χ4n) is 3.09. The van der Waals surface area contributed by atoms with E-state index in [1.165, 1.54) is 37.7 Å². The van der Waals surface area contributed by atoms with E-state index < -0.39 is 0 Å². The van der Waals surface area contributed by atoms with Crippen LogP contribution in [0.25, 0.3) is 0 Å². The van der Waals surface area contributed by atoms with Gasteiger partial charge in [-0.25, -0.2) is 0 Å². The molecule has 2 atom stereocenters. The van der Waals surface area contributed by atoms with Crippen LogP contribution in [0.5, 0.6) is 0 Å². The van der Waals surface area contributed by atoms with Crippen LogP contribution in [0.1, 0.15) is 39.0 Å². The average molecular weight is 194 g/mol. The van der Waals surface area contributed by atoms with Crippen LogP contribution in [0.2, 0.25) is 0 Å². The average Bonchev–Trinajstić information content (AvgIpc) is 2.05. The topological polar surface area (TPSA) is 29.3 Å². The van der Waals surface area contributed by atoms with Gasteiger partial charge in [-0.05, 0) is 32.6 Å². The molecule has 0 spiro atoms. The van der Waals surface area contributed by atoms with Gasteiger partial charge in [-0.3, -0.25) is 4.90 Å². The van der Waals surface area contributed by atoms with Crippen LogP contribution >= 0.6 is 0 Å². The summed E-state index contributed by atoms with van der Waals surface area (Å²) < 4.78 is 0. The molecule has 2 rings (SSSR count). The monoisotopic (exact) mass is 194 g/mol. The summed E-state index contributed by atoms with van der Waals surface area (Å²) in [6.45, 7) is 7.24. The van der Waals surface area contributed by atoms with Gasteiger partial charge >= 0.3 is 0 Å². The minimum atomic E-state index is 0.451. The Morgan fingerprint density at radius 2 is 1.93 bits per heavy atom. The van der Waals surface area contributed by atoms with Crippen molar-refractivity contribution in [1.82, 2.24) is 4.90 Å². The normalized spacial score (nSPS) is 38.3. The summed E-state index contributed by atoms with van der Waals surface area (Å²) in [7, 11) is 0. The van der Waals surface area contributed by atoms with E-state index in [2.05, 4.69) is 18.4 Å². The molecule has 0 aromatic carbocycles. The van der Waals surface area contributed by atoms with Crippen LogP contribution < -0.4 is 5.73 Å². The first-order chi connectivity index (χ1) is 6.66. The molecule has 2 saturated heterocycles. The summed E-state index contributed by atoms with van der Waals surface area (Å²) in [5.74, 6) is 0. The highest BCUT2D eigenvalue weighted by molar-refractivity contribution is 5.00. The van der Waals surface area contributed by atoms with E-state index in [-0.39, 0.29) is 0 Å². The minimum absolute atomic E-state index is 0.451. The van der Waals surface area contributed by atoms with E-state index in [9.17, 15) is 0 Å². The second-order valence-corrected chi connectivity index (χ2v) is 5.10. The van der Waals surface area contributed by atoms with Crippen molar-refractivity contribution in [3.63, 3.8) is 0 Å². The number of hydrogen-bond donors (Lipinski definition) is 1. The van der Waals surface area contributed by atoms with Crippen LogP contribution in [0.4, 0.5) is 0 Å². The summed E-state index contributed by atoms with van der Waals surface area (Å²) in [6.07, 6.45) is 6.48. The molecule has 2 aliphatic heterocycles. The Bertz CT molecular complexity index is 210. The van der Waals surface area contributed by atoms with Crippen LogP contribution in [-0.2, 0) is 0 Å². The van der Waals surface area contributed by atoms with Crippen LogP contribution in [0.15, 0.2) is 12.2 Å². The molecule has 2 fully saturated rings. The molecule has 0 aliphatic carbocycles. The predicted molar refractivity (Wildman–Crippen MR) is 60.2 cm³/mol. The van der Waals surface area contributed by atoms with E-state index in [4.69, 9.17) is 5.73 Å². The van der Waals surface area contributed by atoms with Gasteiger partial charge in [-0.15, -0.1) is 0 Å². The van der Waals surface area contributed by atoms with Crippen LogP contribution in [0, 0.1) is 0 Å². The Morgan fingerprint density at radius 3 is 2.43 bits per heavy atom. The Balaban J connectivity index is 2.04. The lowest BCUT2D eigenvalue weighted by molar-refractivity contribution is 0.0403. The van der Waals surface area contributed by atoms with Gasteiger partial charge < -0.3 is 5.73 Å². The van der Waals surface area contributed by atoms with E-state index in [1.54, 1.807) is 0 Å². The smallest absolute Gasteiger partial charge is 0.0193 e. The van der Waals surface area contributed by atoms with Crippen molar-refractivity contribution in [2.45, 2.75) is 57.2 Å². The second kappa shape index (κ2) is 4.03. The number of hydrogen-bond acceptors (Lipinski definition) is 2.